The molecule has 1 heterocycles. The van der Waals surface area contributed by atoms with Gasteiger partial charge in [-0.3, -0.25) is 0 Å². The van der Waals surface area contributed by atoms with Crippen molar-refractivity contribution < 1.29 is 0 Å². The highest BCUT2D eigenvalue weighted by Gasteiger charge is 2.09. The molecule has 0 fully saturated rings. The molecule has 0 aliphatic heterocycles. The van der Waals surface area contributed by atoms with E-state index in [0.29, 0.717) is 15.8 Å². The zero-order valence-corrected chi connectivity index (χ0v) is 13.8. The summed E-state index contributed by atoms with van der Waals surface area (Å²) in [7, 11) is 0. The molecular formula is C15H12Cl2N4S. The molecule has 1 aromatic heterocycles. The Morgan fingerprint density at radius 3 is 2.59 bits per heavy atom. The van der Waals surface area contributed by atoms with Crippen LogP contribution in [0.5, 0.6) is 0 Å². The number of hydrogen-bond donors (Lipinski definition) is 0. The van der Waals surface area contributed by atoms with Crippen molar-refractivity contribution in [2.45, 2.75) is 11.5 Å². The maximum atomic E-state index is 6.17. The Hall–Kier alpha value is -1.56. The van der Waals surface area contributed by atoms with Crippen LogP contribution in [0.2, 0.25) is 10.0 Å². The Bertz CT molecular complexity index is 761. The van der Waals surface area contributed by atoms with Gasteiger partial charge in [-0.05, 0) is 40.3 Å². The second-order valence-corrected chi connectivity index (χ2v) is 6.40. The molecule has 22 heavy (non-hydrogen) atoms. The van der Waals surface area contributed by atoms with Crippen LogP contribution < -0.4 is 0 Å². The van der Waals surface area contributed by atoms with E-state index in [1.165, 1.54) is 0 Å². The number of halogens is 2. The lowest BCUT2D eigenvalue weighted by Gasteiger charge is -2.06. The number of nitrogens with zero attached hydrogens (tertiary/aromatic N) is 4. The summed E-state index contributed by atoms with van der Waals surface area (Å²) in [6, 6.07) is 15.4. The van der Waals surface area contributed by atoms with Crippen LogP contribution in [0.1, 0.15) is 11.4 Å². The van der Waals surface area contributed by atoms with Crippen molar-refractivity contribution in [1.82, 2.24) is 20.2 Å². The predicted molar refractivity (Wildman–Crippen MR) is 90.6 cm³/mol. The van der Waals surface area contributed by atoms with E-state index in [1.807, 2.05) is 42.5 Å². The fourth-order valence-corrected chi connectivity index (χ4v) is 3.45. The summed E-state index contributed by atoms with van der Waals surface area (Å²) >= 11 is 13.8. The van der Waals surface area contributed by atoms with E-state index >= 15 is 0 Å². The largest absolute Gasteiger partial charge is 0.196 e. The first-order valence-corrected chi connectivity index (χ1v) is 8.49. The minimum absolute atomic E-state index is 0.645. The molecule has 0 saturated carbocycles. The van der Waals surface area contributed by atoms with E-state index in [-0.39, 0.29) is 0 Å². The Balaban J connectivity index is 1.67. The van der Waals surface area contributed by atoms with E-state index < -0.39 is 0 Å². The SMILES string of the molecule is Clc1ccc(CSCc2nnnn2-c2ccccc2)c(Cl)c1. The number of rotatable bonds is 5. The highest BCUT2D eigenvalue weighted by molar-refractivity contribution is 7.97. The van der Waals surface area contributed by atoms with Crippen LogP contribution in [0.4, 0.5) is 0 Å². The van der Waals surface area contributed by atoms with Gasteiger partial charge in [0, 0.05) is 15.8 Å². The van der Waals surface area contributed by atoms with Gasteiger partial charge in [-0.15, -0.1) is 16.9 Å². The van der Waals surface area contributed by atoms with E-state index in [9.17, 15) is 0 Å². The van der Waals surface area contributed by atoms with Gasteiger partial charge in [-0.25, -0.2) is 0 Å². The Morgan fingerprint density at radius 2 is 1.82 bits per heavy atom. The normalized spacial score (nSPS) is 10.8. The number of tetrazole rings is 1. The van der Waals surface area contributed by atoms with Crippen LogP contribution in [-0.4, -0.2) is 20.2 Å². The molecule has 0 N–H and O–H groups in total. The molecular weight excluding hydrogens is 339 g/mol. The van der Waals surface area contributed by atoms with E-state index in [0.717, 1.165) is 22.8 Å². The third kappa shape index (κ3) is 3.61. The molecule has 0 atom stereocenters. The molecule has 112 valence electrons. The lowest BCUT2D eigenvalue weighted by atomic mass is 10.2. The molecule has 2 aromatic carbocycles. The molecule has 0 saturated heterocycles. The number of para-hydroxylation sites is 1. The highest BCUT2D eigenvalue weighted by atomic mass is 35.5. The molecule has 0 spiro atoms. The van der Waals surface area contributed by atoms with Gasteiger partial charge in [0.2, 0.25) is 0 Å². The van der Waals surface area contributed by atoms with Crippen LogP contribution >= 0.6 is 35.0 Å². The number of hydrogen-bond acceptors (Lipinski definition) is 4. The summed E-state index contributed by atoms with van der Waals surface area (Å²) in [5.74, 6) is 2.28. The van der Waals surface area contributed by atoms with Gasteiger partial charge in [0.1, 0.15) is 0 Å². The lowest BCUT2D eigenvalue weighted by molar-refractivity contribution is 0.777. The molecule has 0 amide bonds. The first-order valence-electron chi connectivity index (χ1n) is 6.58. The van der Waals surface area contributed by atoms with Crippen LogP contribution in [0.3, 0.4) is 0 Å². The van der Waals surface area contributed by atoms with Gasteiger partial charge >= 0.3 is 0 Å². The first kappa shape index (κ1) is 15.3. The van der Waals surface area contributed by atoms with Crippen molar-refractivity contribution in [3.63, 3.8) is 0 Å². The molecule has 0 bridgehead atoms. The zero-order valence-electron chi connectivity index (χ0n) is 11.5. The fraction of sp³-hybridized carbons (Fsp3) is 0.133. The summed E-state index contributed by atoms with van der Waals surface area (Å²) in [6.07, 6.45) is 0. The van der Waals surface area contributed by atoms with Crippen LogP contribution in [-0.2, 0) is 11.5 Å². The predicted octanol–water partition coefficient (Wildman–Crippen LogP) is 4.40. The summed E-state index contributed by atoms with van der Waals surface area (Å²) < 4.78 is 1.75. The molecule has 0 aliphatic rings. The first-order chi connectivity index (χ1) is 10.7. The monoisotopic (exact) mass is 350 g/mol. The van der Waals surface area contributed by atoms with E-state index in [4.69, 9.17) is 23.2 Å². The zero-order chi connectivity index (χ0) is 15.4. The quantitative estimate of drug-likeness (QED) is 0.683. The van der Waals surface area contributed by atoms with Gasteiger partial charge in [-0.1, -0.05) is 47.5 Å². The molecule has 3 aromatic rings. The van der Waals surface area contributed by atoms with Crippen LogP contribution in [0.15, 0.2) is 48.5 Å². The Labute approximate surface area is 142 Å². The third-order valence-corrected chi connectivity index (χ3v) is 4.60. The van der Waals surface area contributed by atoms with Gasteiger partial charge < -0.3 is 0 Å². The Kier molecular flexibility index (Phi) is 4.97. The maximum Gasteiger partial charge on any atom is 0.166 e. The average molecular weight is 351 g/mol. The summed E-state index contributed by atoms with van der Waals surface area (Å²) in [5, 5.41) is 13.2. The van der Waals surface area contributed by atoms with Crippen molar-refractivity contribution in [2.75, 3.05) is 0 Å². The van der Waals surface area contributed by atoms with Crippen LogP contribution in [0, 0.1) is 0 Å². The molecule has 0 unspecified atom stereocenters. The van der Waals surface area contributed by atoms with Crippen LogP contribution in [0.25, 0.3) is 5.69 Å². The lowest BCUT2D eigenvalue weighted by Crippen LogP contribution is -2.02. The second kappa shape index (κ2) is 7.13. The van der Waals surface area contributed by atoms with Gasteiger partial charge in [-0.2, -0.15) is 4.68 Å². The Morgan fingerprint density at radius 1 is 1.00 bits per heavy atom. The number of benzene rings is 2. The summed E-state index contributed by atoms with van der Waals surface area (Å²) in [6.45, 7) is 0. The molecule has 0 radical (unpaired) electrons. The highest BCUT2D eigenvalue weighted by Crippen LogP contribution is 2.26. The smallest absolute Gasteiger partial charge is 0.166 e. The van der Waals surface area contributed by atoms with Gasteiger partial charge in [0.25, 0.3) is 0 Å². The number of aromatic nitrogens is 4. The van der Waals surface area contributed by atoms with E-state index in [1.54, 1.807) is 22.5 Å². The average Bonchev–Trinajstić information content (AvgIpc) is 2.99. The topological polar surface area (TPSA) is 43.6 Å². The third-order valence-electron chi connectivity index (χ3n) is 3.04. The van der Waals surface area contributed by atoms with Crippen molar-refractivity contribution in [3.8, 4) is 5.69 Å². The number of thioether (sulfide) groups is 1. The van der Waals surface area contributed by atoms with Crippen molar-refractivity contribution >= 4 is 35.0 Å². The second-order valence-electron chi connectivity index (χ2n) is 4.57. The van der Waals surface area contributed by atoms with Crippen molar-refractivity contribution in [1.29, 1.82) is 0 Å². The van der Waals surface area contributed by atoms with E-state index in [2.05, 4.69) is 15.5 Å². The van der Waals surface area contributed by atoms with Gasteiger partial charge in [0.15, 0.2) is 5.82 Å². The van der Waals surface area contributed by atoms with Gasteiger partial charge in [0.05, 0.1) is 11.4 Å². The standard InChI is InChI=1S/C15H12Cl2N4S/c16-12-7-6-11(14(17)8-12)9-22-10-15-18-19-20-21(15)13-4-2-1-3-5-13/h1-8H,9-10H2. The minimum atomic E-state index is 0.645. The minimum Gasteiger partial charge on any atom is -0.196 e. The molecule has 0 aliphatic carbocycles. The maximum absolute atomic E-state index is 6.17. The van der Waals surface area contributed by atoms with Crippen molar-refractivity contribution in [2.24, 2.45) is 0 Å². The van der Waals surface area contributed by atoms with Crippen molar-refractivity contribution in [3.05, 3.63) is 70.0 Å². The molecule has 7 heteroatoms. The summed E-state index contributed by atoms with van der Waals surface area (Å²) in [5.41, 5.74) is 2.00. The molecule has 3 rings (SSSR count). The fourth-order valence-electron chi connectivity index (χ4n) is 1.96. The summed E-state index contributed by atoms with van der Waals surface area (Å²) in [4.78, 5) is 0. The molecule has 4 nitrogen and oxygen atoms in total.